The largest absolute Gasteiger partial charge is 0.497 e. The molecule has 2 aliphatic rings. The molecule has 2 aliphatic heterocycles. The maximum absolute atomic E-state index is 10.5. The summed E-state index contributed by atoms with van der Waals surface area (Å²) in [7, 11) is 1.68. The molecule has 0 unspecified atom stereocenters. The summed E-state index contributed by atoms with van der Waals surface area (Å²) in [5.41, 5.74) is 3.14. The van der Waals surface area contributed by atoms with Gasteiger partial charge in [0, 0.05) is 43.1 Å². The molecule has 6 heteroatoms. The summed E-state index contributed by atoms with van der Waals surface area (Å²) in [5.74, 6) is 2.59. The highest BCUT2D eigenvalue weighted by molar-refractivity contribution is 5.52. The third-order valence-corrected chi connectivity index (χ3v) is 7.42. The van der Waals surface area contributed by atoms with Crippen molar-refractivity contribution in [2.24, 2.45) is 0 Å². The van der Waals surface area contributed by atoms with Crippen molar-refractivity contribution in [3.8, 4) is 17.2 Å². The Morgan fingerprint density at radius 1 is 0.946 bits per heavy atom. The van der Waals surface area contributed by atoms with Gasteiger partial charge in [0.2, 0.25) is 0 Å². The number of ether oxygens (including phenoxy) is 4. The van der Waals surface area contributed by atoms with E-state index in [1.807, 2.05) is 30.3 Å². The number of nitrogens with zero attached hydrogens (tertiary/aromatic N) is 1. The normalized spacial score (nSPS) is 21.9. The van der Waals surface area contributed by atoms with Gasteiger partial charge in [0.15, 0.2) is 0 Å². The van der Waals surface area contributed by atoms with Gasteiger partial charge >= 0.3 is 0 Å². The Hall–Kier alpha value is -3.06. The summed E-state index contributed by atoms with van der Waals surface area (Å²) in [6.07, 6.45) is -0.543. The Kier molecular flexibility index (Phi) is 7.70. The third kappa shape index (κ3) is 5.77. The van der Waals surface area contributed by atoms with Gasteiger partial charge in [-0.2, -0.15) is 0 Å². The first-order valence-electron chi connectivity index (χ1n) is 13.1. The Balaban J connectivity index is 1.39. The molecule has 1 fully saturated rings. The van der Waals surface area contributed by atoms with Gasteiger partial charge in [0.25, 0.3) is 0 Å². The topological polar surface area (TPSA) is 60.4 Å². The van der Waals surface area contributed by atoms with Crippen LogP contribution in [-0.2, 0) is 4.74 Å². The van der Waals surface area contributed by atoms with E-state index >= 15 is 0 Å². The van der Waals surface area contributed by atoms with E-state index in [1.165, 1.54) is 11.1 Å². The van der Waals surface area contributed by atoms with Crippen LogP contribution >= 0.6 is 0 Å². The fraction of sp³-hybridized carbons (Fsp3) is 0.419. The molecule has 3 aromatic rings. The molecule has 3 aromatic carbocycles. The Morgan fingerprint density at radius 2 is 1.65 bits per heavy atom. The number of aliphatic hydroxyl groups is 1. The van der Waals surface area contributed by atoms with Crippen molar-refractivity contribution in [2.75, 3.05) is 46.6 Å². The van der Waals surface area contributed by atoms with E-state index in [9.17, 15) is 5.11 Å². The summed E-state index contributed by atoms with van der Waals surface area (Å²) < 4.78 is 23.4. The SMILES string of the molecule is COc1ccc2c(c1)OC(C)(C)[C@@H](c1ccccc1)[C@@H]2c1ccc(OC[C@@H](O)CN2CCOCC2)cc1. The van der Waals surface area contributed by atoms with Crippen LogP contribution in [0.3, 0.4) is 0 Å². The smallest absolute Gasteiger partial charge is 0.127 e. The Morgan fingerprint density at radius 3 is 2.35 bits per heavy atom. The van der Waals surface area contributed by atoms with Crippen LogP contribution < -0.4 is 14.2 Å². The average molecular weight is 504 g/mol. The summed E-state index contributed by atoms with van der Waals surface area (Å²) >= 11 is 0. The number of β-amino-alcohol motifs (C(OH)–C–C–N with tert-alkyl or cyclic N) is 1. The van der Waals surface area contributed by atoms with Crippen LogP contribution in [0, 0.1) is 0 Å². The van der Waals surface area contributed by atoms with Crippen LogP contribution in [-0.4, -0.2) is 68.3 Å². The van der Waals surface area contributed by atoms with Crippen LogP contribution in [0.1, 0.15) is 42.4 Å². The number of benzene rings is 3. The van der Waals surface area contributed by atoms with Gasteiger partial charge in [0.05, 0.1) is 20.3 Å². The molecule has 0 aromatic heterocycles. The van der Waals surface area contributed by atoms with E-state index in [0.29, 0.717) is 6.54 Å². The second-order valence-corrected chi connectivity index (χ2v) is 10.4. The summed E-state index contributed by atoms with van der Waals surface area (Å²) in [5, 5.41) is 10.5. The van der Waals surface area contributed by atoms with Crippen molar-refractivity contribution in [1.82, 2.24) is 4.90 Å². The monoisotopic (exact) mass is 503 g/mol. The lowest BCUT2D eigenvalue weighted by Gasteiger charge is -2.45. The minimum Gasteiger partial charge on any atom is -0.497 e. The molecule has 0 spiro atoms. The number of fused-ring (bicyclic) bond motifs is 1. The van der Waals surface area contributed by atoms with Gasteiger partial charge in [-0.3, -0.25) is 4.90 Å². The molecular weight excluding hydrogens is 466 g/mol. The standard InChI is InChI=1S/C31H37NO5/c1-31(2)30(23-7-5-4-6-8-23)29(27-14-13-26(34-3)19-28(27)37-31)22-9-11-25(12-10-22)36-21-24(33)20-32-15-17-35-18-16-32/h4-14,19,24,29-30,33H,15-18,20-21H2,1-3H3/t24-,29+,30-/m0/s1. The summed E-state index contributed by atoms with van der Waals surface area (Å²) in [6.45, 7) is 8.32. The molecule has 0 bridgehead atoms. The van der Waals surface area contributed by atoms with E-state index < -0.39 is 11.7 Å². The highest BCUT2D eigenvalue weighted by atomic mass is 16.5. The molecule has 0 aliphatic carbocycles. The highest BCUT2D eigenvalue weighted by Gasteiger charge is 2.45. The molecule has 5 rings (SSSR count). The van der Waals surface area contributed by atoms with Gasteiger partial charge < -0.3 is 24.1 Å². The van der Waals surface area contributed by atoms with Gasteiger partial charge in [0.1, 0.15) is 35.6 Å². The first-order chi connectivity index (χ1) is 17.9. The minimum absolute atomic E-state index is 0.0908. The van der Waals surface area contributed by atoms with Crippen molar-refractivity contribution >= 4 is 0 Å². The van der Waals surface area contributed by atoms with Crippen LogP contribution in [0.25, 0.3) is 0 Å². The predicted octanol–water partition coefficient (Wildman–Crippen LogP) is 4.85. The van der Waals surface area contributed by atoms with Crippen molar-refractivity contribution in [3.63, 3.8) is 0 Å². The Labute approximate surface area is 219 Å². The lowest BCUT2D eigenvalue weighted by Crippen LogP contribution is -2.43. The quantitative estimate of drug-likeness (QED) is 0.474. The van der Waals surface area contributed by atoms with Crippen LogP contribution in [0.5, 0.6) is 17.2 Å². The maximum atomic E-state index is 10.5. The van der Waals surface area contributed by atoms with Gasteiger partial charge in [-0.1, -0.05) is 48.5 Å². The summed E-state index contributed by atoms with van der Waals surface area (Å²) in [4.78, 5) is 2.21. The number of hydrogen-bond donors (Lipinski definition) is 1. The molecule has 6 nitrogen and oxygen atoms in total. The molecule has 0 saturated carbocycles. The van der Waals surface area contributed by atoms with E-state index in [2.05, 4.69) is 61.2 Å². The fourth-order valence-electron chi connectivity index (χ4n) is 5.64. The lowest BCUT2D eigenvalue weighted by molar-refractivity contribution is 0.00465. The fourth-order valence-corrected chi connectivity index (χ4v) is 5.64. The van der Waals surface area contributed by atoms with Gasteiger partial charge in [-0.05, 0) is 43.2 Å². The van der Waals surface area contributed by atoms with Crippen molar-refractivity contribution in [2.45, 2.75) is 37.4 Å². The van der Waals surface area contributed by atoms with E-state index in [4.69, 9.17) is 18.9 Å². The Bertz CT molecular complexity index is 1160. The second kappa shape index (κ2) is 11.1. The third-order valence-electron chi connectivity index (χ3n) is 7.42. The molecule has 0 amide bonds. The first-order valence-corrected chi connectivity index (χ1v) is 13.1. The predicted molar refractivity (Wildman–Crippen MR) is 144 cm³/mol. The average Bonchev–Trinajstić information content (AvgIpc) is 2.91. The molecule has 0 radical (unpaired) electrons. The summed E-state index contributed by atoms with van der Waals surface area (Å²) in [6, 6.07) is 25.0. The van der Waals surface area contributed by atoms with E-state index in [0.717, 1.165) is 49.1 Å². The van der Waals surface area contributed by atoms with Crippen LogP contribution in [0.15, 0.2) is 72.8 Å². The zero-order chi connectivity index (χ0) is 25.8. The number of aliphatic hydroxyl groups excluding tert-OH is 1. The van der Waals surface area contributed by atoms with E-state index in [-0.39, 0.29) is 18.4 Å². The molecule has 1 N–H and O–H groups in total. The molecule has 2 heterocycles. The molecular formula is C31H37NO5. The second-order valence-electron chi connectivity index (χ2n) is 10.4. The zero-order valence-corrected chi connectivity index (χ0v) is 21.9. The highest BCUT2D eigenvalue weighted by Crippen LogP contribution is 2.53. The molecule has 37 heavy (non-hydrogen) atoms. The minimum atomic E-state index is -0.543. The van der Waals surface area contributed by atoms with Crippen molar-refractivity contribution in [1.29, 1.82) is 0 Å². The van der Waals surface area contributed by atoms with E-state index in [1.54, 1.807) is 7.11 Å². The number of hydrogen-bond acceptors (Lipinski definition) is 6. The molecule has 1 saturated heterocycles. The van der Waals surface area contributed by atoms with Crippen molar-refractivity contribution in [3.05, 3.63) is 89.5 Å². The van der Waals surface area contributed by atoms with Gasteiger partial charge in [-0.25, -0.2) is 0 Å². The molecule has 196 valence electrons. The van der Waals surface area contributed by atoms with Crippen molar-refractivity contribution < 1.29 is 24.1 Å². The van der Waals surface area contributed by atoms with Crippen LogP contribution in [0.2, 0.25) is 0 Å². The van der Waals surface area contributed by atoms with Gasteiger partial charge in [-0.15, -0.1) is 0 Å². The number of morpholine rings is 1. The number of rotatable bonds is 8. The zero-order valence-electron chi connectivity index (χ0n) is 21.9. The molecule has 3 atom stereocenters. The van der Waals surface area contributed by atoms with Crippen LogP contribution in [0.4, 0.5) is 0 Å². The first kappa shape index (κ1) is 25.6. The lowest BCUT2D eigenvalue weighted by atomic mass is 9.68. The maximum Gasteiger partial charge on any atom is 0.127 e. The number of methoxy groups -OCH3 is 1.